The molecular weight excluding hydrogens is 288 g/mol. The number of hydrogen-bond donors (Lipinski definition) is 1. The summed E-state index contributed by atoms with van der Waals surface area (Å²) in [5.74, 6) is 0.141. The summed E-state index contributed by atoms with van der Waals surface area (Å²) in [6, 6.07) is 1.94. The van der Waals surface area contributed by atoms with Crippen molar-refractivity contribution in [1.82, 2.24) is 19.4 Å². The molecule has 1 amide bonds. The highest BCUT2D eigenvalue weighted by Crippen LogP contribution is 2.16. The third kappa shape index (κ3) is 2.84. The van der Waals surface area contributed by atoms with E-state index in [2.05, 4.69) is 9.97 Å². The van der Waals surface area contributed by atoms with E-state index in [0.29, 0.717) is 44.0 Å². The second-order valence-electron chi connectivity index (χ2n) is 5.15. The summed E-state index contributed by atoms with van der Waals surface area (Å²) in [6.45, 7) is 5.16. The predicted octanol–water partition coefficient (Wildman–Crippen LogP) is 1.65. The van der Waals surface area contributed by atoms with Crippen molar-refractivity contribution in [2.24, 2.45) is 0 Å². The molecule has 1 fully saturated rings. The largest absolute Gasteiger partial charge is 0.378 e. The minimum atomic E-state index is 0.141. The minimum absolute atomic E-state index is 0.141. The van der Waals surface area contributed by atoms with Gasteiger partial charge in [0.15, 0.2) is 10.4 Å². The van der Waals surface area contributed by atoms with Crippen molar-refractivity contribution in [1.29, 1.82) is 0 Å². The number of aromatic nitrogens is 3. The van der Waals surface area contributed by atoms with Crippen molar-refractivity contribution in [3.8, 4) is 0 Å². The fourth-order valence-corrected chi connectivity index (χ4v) is 2.84. The first-order valence-electron chi connectivity index (χ1n) is 7.06. The van der Waals surface area contributed by atoms with E-state index in [9.17, 15) is 4.79 Å². The predicted molar refractivity (Wildman–Crippen MR) is 81.7 cm³/mol. The molecular formula is C14H18N4O2S. The van der Waals surface area contributed by atoms with Gasteiger partial charge in [0.05, 0.1) is 18.7 Å². The third-order valence-corrected chi connectivity index (χ3v) is 4.11. The van der Waals surface area contributed by atoms with Crippen LogP contribution in [-0.4, -0.2) is 51.6 Å². The lowest BCUT2D eigenvalue weighted by atomic mass is 10.3. The van der Waals surface area contributed by atoms with Gasteiger partial charge in [0, 0.05) is 32.3 Å². The van der Waals surface area contributed by atoms with Crippen molar-refractivity contribution in [3.05, 3.63) is 22.6 Å². The van der Waals surface area contributed by atoms with Crippen LogP contribution in [0.4, 0.5) is 0 Å². The molecule has 2 aromatic rings. The monoisotopic (exact) mass is 306 g/mol. The Morgan fingerprint density at radius 3 is 3.00 bits per heavy atom. The standard InChI is InChI=1S/C14H18N4O2S/c1-10-2-4-15-13-12(10)16-14(21)18(13)5-3-11(19)17-6-8-20-9-7-17/h2,4H,3,5-9H2,1H3,(H,16,21). The SMILES string of the molecule is Cc1ccnc2c1[nH]c(=S)n2CCC(=O)N1CCOCC1. The number of aromatic amines is 1. The molecule has 0 aliphatic carbocycles. The maximum Gasteiger partial charge on any atom is 0.224 e. The van der Waals surface area contributed by atoms with Crippen LogP contribution in [0.25, 0.3) is 11.2 Å². The Kier molecular flexibility index (Phi) is 4.03. The number of carbonyl (C=O) groups is 1. The summed E-state index contributed by atoms with van der Waals surface area (Å²) in [5.41, 5.74) is 2.86. The maximum absolute atomic E-state index is 12.2. The average Bonchev–Trinajstić information content (AvgIpc) is 2.83. The zero-order chi connectivity index (χ0) is 14.8. The van der Waals surface area contributed by atoms with Gasteiger partial charge < -0.3 is 19.2 Å². The Bertz CT molecular complexity index is 715. The number of nitrogens with one attached hydrogen (secondary N) is 1. The van der Waals surface area contributed by atoms with Crippen LogP contribution in [0, 0.1) is 11.7 Å². The van der Waals surface area contributed by atoms with Crippen LogP contribution in [0.5, 0.6) is 0 Å². The van der Waals surface area contributed by atoms with Gasteiger partial charge in [0.1, 0.15) is 0 Å². The molecule has 0 saturated carbocycles. The molecule has 2 aromatic heterocycles. The number of ether oxygens (including phenoxy) is 1. The fraction of sp³-hybridized carbons (Fsp3) is 0.500. The third-order valence-electron chi connectivity index (χ3n) is 3.79. The molecule has 1 aliphatic heterocycles. The number of hydrogen-bond acceptors (Lipinski definition) is 4. The first kappa shape index (κ1) is 14.2. The number of morpholine rings is 1. The lowest BCUT2D eigenvalue weighted by Gasteiger charge is -2.26. The summed E-state index contributed by atoms with van der Waals surface area (Å²) in [4.78, 5) is 21.6. The van der Waals surface area contributed by atoms with Gasteiger partial charge in [-0.15, -0.1) is 0 Å². The van der Waals surface area contributed by atoms with E-state index in [4.69, 9.17) is 17.0 Å². The molecule has 0 atom stereocenters. The number of nitrogens with zero attached hydrogens (tertiary/aromatic N) is 3. The Morgan fingerprint density at radius 1 is 1.48 bits per heavy atom. The summed E-state index contributed by atoms with van der Waals surface area (Å²) < 4.78 is 7.77. The van der Waals surface area contributed by atoms with Crippen molar-refractivity contribution >= 4 is 29.3 Å². The number of aryl methyl sites for hydroxylation is 2. The molecule has 1 aliphatic rings. The van der Waals surface area contributed by atoms with Crippen LogP contribution in [0.3, 0.4) is 0 Å². The molecule has 112 valence electrons. The van der Waals surface area contributed by atoms with Crippen LogP contribution in [-0.2, 0) is 16.1 Å². The number of rotatable bonds is 3. The second kappa shape index (κ2) is 5.95. The van der Waals surface area contributed by atoms with Gasteiger partial charge in [-0.2, -0.15) is 0 Å². The zero-order valence-electron chi connectivity index (χ0n) is 12.0. The quantitative estimate of drug-likeness (QED) is 0.876. The normalized spacial score (nSPS) is 15.6. The summed E-state index contributed by atoms with van der Waals surface area (Å²) in [6.07, 6.45) is 2.19. The second-order valence-corrected chi connectivity index (χ2v) is 5.54. The van der Waals surface area contributed by atoms with Crippen LogP contribution in [0.1, 0.15) is 12.0 Å². The van der Waals surface area contributed by atoms with E-state index in [-0.39, 0.29) is 5.91 Å². The smallest absolute Gasteiger partial charge is 0.224 e. The molecule has 0 bridgehead atoms. The van der Waals surface area contributed by atoms with Crippen LogP contribution in [0.15, 0.2) is 12.3 Å². The first-order chi connectivity index (χ1) is 10.2. The molecule has 0 spiro atoms. The van der Waals surface area contributed by atoms with Gasteiger partial charge in [-0.25, -0.2) is 4.98 Å². The van der Waals surface area contributed by atoms with Gasteiger partial charge in [-0.1, -0.05) is 0 Å². The number of amides is 1. The van der Waals surface area contributed by atoms with Gasteiger partial charge in [0.2, 0.25) is 5.91 Å². The van der Waals surface area contributed by atoms with Crippen LogP contribution < -0.4 is 0 Å². The number of pyridine rings is 1. The van der Waals surface area contributed by atoms with Crippen molar-refractivity contribution in [2.45, 2.75) is 19.9 Å². The number of H-pyrrole nitrogens is 1. The Morgan fingerprint density at radius 2 is 2.24 bits per heavy atom. The molecule has 0 radical (unpaired) electrons. The highest BCUT2D eigenvalue weighted by molar-refractivity contribution is 7.71. The molecule has 7 heteroatoms. The lowest BCUT2D eigenvalue weighted by molar-refractivity contribution is -0.135. The maximum atomic E-state index is 12.2. The van der Waals surface area contributed by atoms with Gasteiger partial charge in [-0.05, 0) is 30.8 Å². The summed E-state index contributed by atoms with van der Waals surface area (Å²) in [5, 5.41) is 0. The topological polar surface area (TPSA) is 63.2 Å². The highest BCUT2D eigenvalue weighted by Gasteiger charge is 2.17. The lowest BCUT2D eigenvalue weighted by Crippen LogP contribution is -2.40. The minimum Gasteiger partial charge on any atom is -0.378 e. The molecule has 0 unspecified atom stereocenters. The van der Waals surface area contributed by atoms with E-state index < -0.39 is 0 Å². The van der Waals surface area contributed by atoms with Crippen LogP contribution in [0.2, 0.25) is 0 Å². The van der Waals surface area contributed by atoms with Crippen molar-refractivity contribution < 1.29 is 9.53 Å². The average molecular weight is 306 g/mol. The Balaban J connectivity index is 1.76. The van der Waals surface area contributed by atoms with E-state index in [1.54, 1.807) is 6.20 Å². The highest BCUT2D eigenvalue weighted by atomic mass is 32.1. The molecule has 3 rings (SSSR count). The summed E-state index contributed by atoms with van der Waals surface area (Å²) in [7, 11) is 0. The summed E-state index contributed by atoms with van der Waals surface area (Å²) >= 11 is 5.34. The molecule has 1 saturated heterocycles. The number of fused-ring (bicyclic) bond motifs is 1. The molecule has 21 heavy (non-hydrogen) atoms. The van der Waals surface area contributed by atoms with Gasteiger partial charge in [-0.3, -0.25) is 4.79 Å². The van der Waals surface area contributed by atoms with Crippen molar-refractivity contribution in [2.75, 3.05) is 26.3 Å². The molecule has 3 heterocycles. The Hall–Kier alpha value is -1.73. The van der Waals surface area contributed by atoms with Crippen LogP contribution >= 0.6 is 12.2 Å². The zero-order valence-corrected chi connectivity index (χ0v) is 12.8. The molecule has 1 N–H and O–H groups in total. The van der Waals surface area contributed by atoms with E-state index >= 15 is 0 Å². The number of carbonyl (C=O) groups excluding carboxylic acids is 1. The van der Waals surface area contributed by atoms with Gasteiger partial charge >= 0.3 is 0 Å². The Labute approximate surface area is 127 Å². The fourth-order valence-electron chi connectivity index (χ4n) is 2.56. The van der Waals surface area contributed by atoms with Crippen molar-refractivity contribution in [3.63, 3.8) is 0 Å². The van der Waals surface area contributed by atoms with E-state index in [1.165, 1.54) is 0 Å². The first-order valence-corrected chi connectivity index (χ1v) is 7.47. The van der Waals surface area contributed by atoms with E-state index in [1.807, 2.05) is 22.5 Å². The molecule has 0 aromatic carbocycles. The molecule has 6 nitrogen and oxygen atoms in total. The van der Waals surface area contributed by atoms with E-state index in [0.717, 1.165) is 16.7 Å². The number of imidazole rings is 1. The van der Waals surface area contributed by atoms with Gasteiger partial charge in [0.25, 0.3) is 0 Å².